The van der Waals surface area contributed by atoms with E-state index < -0.39 is 5.41 Å². The molecule has 0 aliphatic carbocycles. The maximum Gasteiger partial charge on any atom is 0.245 e. The minimum atomic E-state index is -0.793. The zero-order valence-electron chi connectivity index (χ0n) is 16.9. The van der Waals surface area contributed by atoms with Crippen LogP contribution in [0.3, 0.4) is 0 Å². The van der Waals surface area contributed by atoms with E-state index in [0.29, 0.717) is 24.0 Å². The average molecular weight is 429 g/mol. The van der Waals surface area contributed by atoms with Gasteiger partial charge in [0.1, 0.15) is 17.8 Å². The number of amides is 1. The summed E-state index contributed by atoms with van der Waals surface area (Å²) in [6.45, 7) is 3.48. The van der Waals surface area contributed by atoms with Crippen LogP contribution in [-0.4, -0.2) is 50.9 Å². The molecule has 2 aromatic carbocycles. The van der Waals surface area contributed by atoms with E-state index in [-0.39, 0.29) is 25.1 Å². The Hall–Kier alpha value is -2.44. The van der Waals surface area contributed by atoms with Crippen molar-refractivity contribution in [1.29, 1.82) is 0 Å². The number of rotatable bonds is 2. The van der Waals surface area contributed by atoms with Crippen molar-refractivity contribution in [2.75, 3.05) is 45.0 Å². The summed E-state index contributed by atoms with van der Waals surface area (Å²) in [6.07, 6.45) is 2.25. The van der Waals surface area contributed by atoms with Crippen LogP contribution in [0.1, 0.15) is 24.0 Å². The van der Waals surface area contributed by atoms with Crippen LogP contribution in [0.25, 0.3) is 0 Å². The second-order valence-electron chi connectivity index (χ2n) is 8.58. The van der Waals surface area contributed by atoms with Crippen LogP contribution < -0.4 is 19.1 Å². The number of fused-ring (bicyclic) bond motifs is 5. The quantitative estimate of drug-likeness (QED) is 0.735. The molecule has 7 heteroatoms. The van der Waals surface area contributed by atoms with E-state index in [1.54, 1.807) is 0 Å². The second-order valence-corrected chi connectivity index (χ2v) is 8.58. The second kappa shape index (κ2) is 7.06. The number of carbonyl (C=O) groups is 1. The predicted molar refractivity (Wildman–Crippen MR) is 115 cm³/mol. The monoisotopic (exact) mass is 428 g/mol. The molecule has 6 rings (SSSR count). The Morgan fingerprint density at radius 1 is 1.00 bits per heavy atom. The highest BCUT2D eigenvalue weighted by Gasteiger charge is 2.57. The number of piperidine rings is 1. The molecule has 0 saturated carbocycles. The van der Waals surface area contributed by atoms with E-state index in [0.717, 1.165) is 55.0 Å². The summed E-state index contributed by atoms with van der Waals surface area (Å²) in [5.74, 6) is 2.74. The van der Waals surface area contributed by atoms with E-state index in [1.165, 1.54) is 0 Å². The lowest BCUT2D eigenvalue weighted by Gasteiger charge is -2.32. The van der Waals surface area contributed by atoms with Gasteiger partial charge in [-0.15, -0.1) is 12.4 Å². The number of ether oxygens (including phenoxy) is 3. The molecule has 2 aromatic rings. The fourth-order valence-electron chi connectivity index (χ4n) is 5.25. The molecule has 0 bridgehead atoms. The molecule has 1 unspecified atom stereocenters. The first-order valence-electron chi connectivity index (χ1n) is 10.3. The number of para-hydroxylation sites is 1. The summed E-state index contributed by atoms with van der Waals surface area (Å²) in [4.78, 5) is 18.3. The third kappa shape index (κ3) is 2.63. The number of anilines is 1. The molecule has 0 N–H and O–H groups in total. The van der Waals surface area contributed by atoms with Crippen molar-refractivity contribution in [2.24, 2.45) is 5.92 Å². The highest BCUT2D eigenvalue weighted by atomic mass is 35.5. The molecule has 1 saturated heterocycles. The van der Waals surface area contributed by atoms with Crippen LogP contribution in [0.5, 0.6) is 17.2 Å². The van der Waals surface area contributed by atoms with Crippen molar-refractivity contribution in [3.63, 3.8) is 0 Å². The summed E-state index contributed by atoms with van der Waals surface area (Å²) < 4.78 is 17.2. The summed E-state index contributed by atoms with van der Waals surface area (Å²) in [6, 6.07) is 12.0. The summed E-state index contributed by atoms with van der Waals surface area (Å²) in [5.41, 5.74) is 2.16. The molecule has 1 atom stereocenters. The topological polar surface area (TPSA) is 51.2 Å². The lowest BCUT2D eigenvalue weighted by molar-refractivity contribution is -0.122. The van der Waals surface area contributed by atoms with Crippen LogP contribution in [-0.2, 0) is 10.2 Å². The Balaban J connectivity index is 0.00000193. The molecule has 158 valence electrons. The third-order valence-corrected chi connectivity index (χ3v) is 6.92. The molecular weight excluding hydrogens is 404 g/mol. The lowest BCUT2D eigenvalue weighted by Crippen LogP contribution is -2.45. The van der Waals surface area contributed by atoms with Gasteiger partial charge in [0.05, 0.1) is 0 Å². The molecular formula is C23H25ClN2O4. The van der Waals surface area contributed by atoms with Gasteiger partial charge in [-0.2, -0.15) is 0 Å². The summed E-state index contributed by atoms with van der Waals surface area (Å²) >= 11 is 0. The fraction of sp³-hybridized carbons (Fsp3) is 0.435. The molecule has 1 spiro atoms. The smallest absolute Gasteiger partial charge is 0.245 e. The number of benzene rings is 2. The fourth-order valence-corrected chi connectivity index (χ4v) is 5.25. The number of halogens is 1. The first-order valence-corrected chi connectivity index (χ1v) is 10.3. The van der Waals surface area contributed by atoms with Gasteiger partial charge in [0.2, 0.25) is 12.7 Å². The number of carbonyl (C=O) groups excluding carboxylic acids is 1. The van der Waals surface area contributed by atoms with E-state index in [1.807, 2.05) is 29.2 Å². The van der Waals surface area contributed by atoms with Gasteiger partial charge in [0.25, 0.3) is 0 Å². The maximum absolute atomic E-state index is 14.0. The molecule has 4 heterocycles. The van der Waals surface area contributed by atoms with Crippen LogP contribution in [0.2, 0.25) is 0 Å². The number of hydrogen-bond acceptors (Lipinski definition) is 5. The Bertz CT molecular complexity index is 1000. The van der Waals surface area contributed by atoms with Crippen molar-refractivity contribution >= 4 is 24.0 Å². The molecule has 30 heavy (non-hydrogen) atoms. The van der Waals surface area contributed by atoms with Crippen LogP contribution in [0, 0.1) is 5.92 Å². The zero-order valence-corrected chi connectivity index (χ0v) is 17.7. The normalized spacial score (nSPS) is 24.6. The molecule has 1 fully saturated rings. The first-order chi connectivity index (χ1) is 14.2. The van der Waals surface area contributed by atoms with Crippen molar-refractivity contribution < 1.29 is 19.0 Å². The predicted octanol–water partition coefficient (Wildman–Crippen LogP) is 3.20. The molecule has 0 aromatic heterocycles. The zero-order chi connectivity index (χ0) is 19.6. The van der Waals surface area contributed by atoms with Gasteiger partial charge < -0.3 is 24.0 Å². The highest BCUT2D eigenvalue weighted by Crippen LogP contribution is 2.55. The van der Waals surface area contributed by atoms with E-state index in [2.05, 4.69) is 24.1 Å². The molecule has 0 radical (unpaired) electrons. The van der Waals surface area contributed by atoms with Gasteiger partial charge in [-0.1, -0.05) is 18.2 Å². The molecule has 1 amide bonds. The van der Waals surface area contributed by atoms with Crippen LogP contribution in [0.15, 0.2) is 36.4 Å². The first kappa shape index (κ1) is 19.5. The summed E-state index contributed by atoms with van der Waals surface area (Å²) in [7, 11) is 2.17. The van der Waals surface area contributed by atoms with Crippen molar-refractivity contribution in [1.82, 2.24) is 4.90 Å². The third-order valence-electron chi connectivity index (χ3n) is 6.92. The Morgan fingerprint density at radius 2 is 1.73 bits per heavy atom. The van der Waals surface area contributed by atoms with Crippen molar-refractivity contribution in [2.45, 2.75) is 18.3 Å². The largest absolute Gasteiger partial charge is 0.491 e. The van der Waals surface area contributed by atoms with Crippen molar-refractivity contribution in [3.05, 3.63) is 47.5 Å². The summed E-state index contributed by atoms with van der Waals surface area (Å²) in [5, 5.41) is 0. The van der Waals surface area contributed by atoms with E-state index in [9.17, 15) is 4.79 Å². The molecule has 4 aliphatic rings. The Kier molecular flexibility index (Phi) is 4.60. The van der Waals surface area contributed by atoms with Gasteiger partial charge >= 0.3 is 0 Å². The number of likely N-dealkylation sites (tertiary alicyclic amines) is 1. The molecule has 6 nitrogen and oxygen atoms in total. The Labute approximate surface area is 182 Å². The van der Waals surface area contributed by atoms with Crippen LogP contribution >= 0.6 is 12.4 Å². The standard InChI is InChI=1S/C23H24N2O4.ClH/c1-24-8-6-15(7-9-24)12-25-18-5-3-2-4-16(18)23(22(25)26)13-27-19-11-21-20(10-17(19)23)28-14-29-21;/h2-5,10-11,15H,6-9,12-14H2,1H3;1H. The van der Waals surface area contributed by atoms with E-state index in [4.69, 9.17) is 14.2 Å². The minimum Gasteiger partial charge on any atom is -0.491 e. The van der Waals surface area contributed by atoms with Gasteiger partial charge in [0, 0.05) is 23.9 Å². The Morgan fingerprint density at radius 3 is 2.53 bits per heavy atom. The van der Waals surface area contributed by atoms with Gasteiger partial charge in [-0.05, 0) is 56.6 Å². The number of nitrogens with zero attached hydrogens (tertiary/aromatic N) is 2. The van der Waals surface area contributed by atoms with Gasteiger partial charge in [0.15, 0.2) is 11.5 Å². The highest BCUT2D eigenvalue weighted by molar-refractivity contribution is 6.11. The van der Waals surface area contributed by atoms with Gasteiger partial charge in [-0.3, -0.25) is 4.79 Å². The van der Waals surface area contributed by atoms with Crippen LogP contribution in [0.4, 0.5) is 5.69 Å². The number of hydrogen-bond donors (Lipinski definition) is 0. The van der Waals surface area contributed by atoms with Crippen molar-refractivity contribution in [3.8, 4) is 17.2 Å². The average Bonchev–Trinajstić information content (AvgIpc) is 3.41. The molecule has 4 aliphatic heterocycles. The maximum atomic E-state index is 14.0. The van der Waals surface area contributed by atoms with Gasteiger partial charge in [-0.25, -0.2) is 0 Å². The SMILES string of the molecule is CN1CCC(CN2C(=O)C3(COc4cc5c(cc43)OCO5)c3ccccc32)CC1.Cl. The minimum absolute atomic E-state index is 0. The lowest BCUT2D eigenvalue weighted by atomic mass is 9.77. The van der Waals surface area contributed by atoms with E-state index >= 15 is 0 Å².